The van der Waals surface area contributed by atoms with Gasteiger partial charge in [-0.3, -0.25) is 18.7 Å². The van der Waals surface area contributed by atoms with E-state index in [1.807, 2.05) is 20.8 Å². The fraction of sp³-hybridized carbons (Fsp3) is 0.500. The molecule has 116 valence electrons. The van der Waals surface area contributed by atoms with Crippen LogP contribution >= 0.6 is 0 Å². The summed E-state index contributed by atoms with van der Waals surface area (Å²) in [5.41, 5.74) is 0.670. The van der Waals surface area contributed by atoms with Crippen LogP contribution in [0.2, 0.25) is 0 Å². The molecule has 0 N–H and O–H groups in total. The van der Waals surface area contributed by atoms with E-state index in [4.69, 9.17) is 0 Å². The van der Waals surface area contributed by atoms with Gasteiger partial charge in [-0.25, -0.2) is 9.78 Å². The zero-order chi connectivity index (χ0) is 16.2. The first-order chi connectivity index (χ1) is 10.3. The minimum absolute atomic E-state index is 0.0111. The van der Waals surface area contributed by atoms with Gasteiger partial charge in [0, 0.05) is 31.8 Å². The summed E-state index contributed by atoms with van der Waals surface area (Å²) in [7, 11) is 1.46. The third kappa shape index (κ3) is 1.94. The van der Waals surface area contributed by atoms with Gasteiger partial charge in [-0.15, -0.1) is 0 Å². The maximum Gasteiger partial charge on any atom is 0.332 e. The summed E-state index contributed by atoms with van der Waals surface area (Å²) in [6, 6.07) is 0. The van der Waals surface area contributed by atoms with E-state index in [2.05, 4.69) is 4.98 Å². The van der Waals surface area contributed by atoms with Crippen molar-refractivity contribution in [2.24, 2.45) is 12.5 Å². The van der Waals surface area contributed by atoms with Crippen LogP contribution in [0.5, 0.6) is 0 Å². The van der Waals surface area contributed by atoms with Gasteiger partial charge in [0.2, 0.25) is 0 Å². The zero-order valence-electron chi connectivity index (χ0n) is 13.3. The average molecular weight is 301 g/mol. The lowest BCUT2D eigenvalue weighted by Gasteiger charge is -2.30. The first-order valence-corrected chi connectivity index (χ1v) is 7.41. The number of carbonyl (C=O) groups excluding carboxylic acids is 1. The van der Waals surface area contributed by atoms with Crippen molar-refractivity contribution in [1.29, 1.82) is 0 Å². The van der Waals surface area contributed by atoms with Crippen molar-refractivity contribution < 1.29 is 4.79 Å². The van der Waals surface area contributed by atoms with Crippen molar-refractivity contribution in [1.82, 2.24) is 14.1 Å². The molecule has 0 unspecified atom stereocenters. The predicted octanol–water partition coefficient (Wildman–Crippen LogP) is 1.27. The predicted molar refractivity (Wildman–Crippen MR) is 83.4 cm³/mol. The summed E-state index contributed by atoms with van der Waals surface area (Å²) in [5, 5.41) is 0.405. The van der Waals surface area contributed by atoms with Gasteiger partial charge in [-0.05, 0) is 24.3 Å². The number of ketones is 1. The summed E-state index contributed by atoms with van der Waals surface area (Å²) < 4.78 is 2.57. The van der Waals surface area contributed by atoms with Gasteiger partial charge in [0.25, 0.3) is 5.56 Å². The summed E-state index contributed by atoms with van der Waals surface area (Å²) in [6.45, 7) is 6.29. The largest absolute Gasteiger partial charge is 0.332 e. The van der Waals surface area contributed by atoms with Crippen molar-refractivity contribution in [3.8, 4) is 0 Å². The van der Waals surface area contributed by atoms with Crippen molar-refractivity contribution in [2.75, 3.05) is 0 Å². The molecule has 1 aliphatic rings. The topological polar surface area (TPSA) is 74.0 Å². The van der Waals surface area contributed by atoms with E-state index in [-0.39, 0.29) is 22.4 Å². The molecular formula is C16H19N3O3. The summed E-state index contributed by atoms with van der Waals surface area (Å²) >= 11 is 0. The number of pyridine rings is 1. The van der Waals surface area contributed by atoms with Crippen LogP contribution in [0.3, 0.4) is 0 Å². The molecular weight excluding hydrogens is 282 g/mol. The van der Waals surface area contributed by atoms with Crippen molar-refractivity contribution in [3.05, 3.63) is 38.2 Å². The molecule has 2 aromatic heterocycles. The van der Waals surface area contributed by atoms with E-state index in [9.17, 15) is 14.4 Å². The Morgan fingerprint density at radius 2 is 1.91 bits per heavy atom. The quantitative estimate of drug-likeness (QED) is 0.795. The monoisotopic (exact) mass is 301 g/mol. The first kappa shape index (κ1) is 14.7. The van der Waals surface area contributed by atoms with E-state index in [0.29, 0.717) is 36.0 Å². The lowest BCUT2D eigenvalue weighted by molar-refractivity contribution is 0.0912. The second kappa shape index (κ2) is 4.63. The number of rotatable bonds is 1. The normalized spacial score (nSPS) is 16.8. The summed E-state index contributed by atoms with van der Waals surface area (Å²) in [4.78, 5) is 41.4. The second-order valence-corrected chi connectivity index (χ2v) is 6.68. The number of Topliss-reactive ketones (excluding diaryl/α,β-unsaturated/α-hetero) is 1. The van der Waals surface area contributed by atoms with E-state index < -0.39 is 0 Å². The Morgan fingerprint density at radius 1 is 1.23 bits per heavy atom. The Kier molecular flexibility index (Phi) is 3.09. The molecule has 0 atom stereocenters. The number of nitrogens with zero attached hydrogens (tertiary/aromatic N) is 3. The highest BCUT2D eigenvalue weighted by Gasteiger charge is 2.33. The highest BCUT2D eigenvalue weighted by atomic mass is 16.2. The number of fused-ring (bicyclic) bond motifs is 3. The van der Waals surface area contributed by atoms with E-state index in [0.717, 1.165) is 10.1 Å². The third-order valence-electron chi connectivity index (χ3n) is 4.37. The van der Waals surface area contributed by atoms with Gasteiger partial charge < -0.3 is 0 Å². The molecule has 22 heavy (non-hydrogen) atoms. The maximum atomic E-state index is 12.6. The fourth-order valence-corrected chi connectivity index (χ4v) is 3.27. The minimum Gasteiger partial charge on any atom is -0.294 e. The Morgan fingerprint density at radius 3 is 2.55 bits per heavy atom. The maximum absolute atomic E-state index is 12.6. The molecule has 0 aliphatic heterocycles. The minimum atomic E-state index is -0.381. The van der Waals surface area contributed by atoms with Crippen LogP contribution in [0.4, 0.5) is 0 Å². The molecule has 0 amide bonds. The van der Waals surface area contributed by atoms with Crippen LogP contribution in [-0.4, -0.2) is 19.9 Å². The molecule has 1 aliphatic carbocycles. The van der Waals surface area contributed by atoms with Gasteiger partial charge in [0.1, 0.15) is 5.65 Å². The summed E-state index contributed by atoms with van der Waals surface area (Å²) in [6.07, 6.45) is 2.59. The number of hydrogen-bond donors (Lipinski definition) is 0. The van der Waals surface area contributed by atoms with Gasteiger partial charge in [0.15, 0.2) is 5.78 Å². The molecule has 0 radical (unpaired) electrons. The molecule has 6 nitrogen and oxygen atoms in total. The Labute approximate surface area is 127 Å². The van der Waals surface area contributed by atoms with Crippen LogP contribution in [0.1, 0.15) is 43.1 Å². The number of aromatic nitrogens is 3. The Hall–Kier alpha value is -2.24. The smallest absolute Gasteiger partial charge is 0.294 e. The van der Waals surface area contributed by atoms with E-state index >= 15 is 0 Å². The molecule has 0 spiro atoms. The molecule has 6 heteroatoms. The SMILES string of the molecule is CCn1c(=O)n(C)c(=O)c2c3c(cnc21)C(=O)CC(C)(C)C3. The van der Waals surface area contributed by atoms with Crippen LogP contribution in [0.25, 0.3) is 11.0 Å². The molecule has 0 saturated heterocycles. The van der Waals surface area contributed by atoms with Gasteiger partial charge in [-0.2, -0.15) is 0 Å². The zero-order valence-corrected chi connectivity index (χ0v) is 13.3. The second-order valence-electron chi connectivity index (χ2n) is 6.68. The molecule has 2 aromatic rings. The molecule has 3 rings (SSSR count). The van der Waals surface area contributed by atoms with Gasteiger partial charge in [0.05, 0.1) is 5.39 Å². The van der Waals surface area contributed by atoms with E-state index in [1.165, 1.54) is 17.8 Å². The highest BCUT2D eigenvalue weighted by Crippen LogP contribution is 2.36. The first-order valence-electron chi connectivity index (χ1n) is 7.41. The van der Waals surface area contributed by atoms with Crippen LogP contribution in [0.15, 0.2) is 15.8 Å². The molecule has 2 heterocycles. The van der Waals surface area contributed by atoms with Gasteiger partial charge in [-0.1, -0.05) is 13.8 Å². The van der Waals surface area contributed by atoms with Gasteiger partial charge >= 0.3 is 5.69 Å². The number of carbonyl (C=O) groups is 1. The fourth-order valence-electron chi connectivity index (χ4n) is 3.27. The number of hydrogen-bond acceptors (Lipinski definition) is 4. The molecule has 0 saturated carbocycles. The highest BCUT2D eigenvalue weighted by molar-refractivity contribution is 6.02. The van der Waals surface area contributed by atoms with Crippen LogP contribution in [0, 0.1) is 5.41 Å². The molecule has 0 aromatic carbocycles. The standard InChI is InChI=1S/C16H19N3O3/c1-5-19-13-12(14(21)18(4)15(19)22)9-6-16(2,3)7-11(20)10(9)8-17-13/h8H,5-7H2,1-4H3. The average Bonchev–Trinajstić information content (AvgIpc) is 2.43. The van der Waals surface area contributed by atoms with Crippen molar-refractivity contribution in [3.63, 3.8) is 0 Å². The lowest BCUT2D eigenvalue weighted by atomic mass is 9.73. The van der Waals surface area contributed by atoms with Crippen molar-refractivity contribution >= 4 is 16.8 Å². The van der Waals surface area contributed by atoms with Crippen molar-refractivity contribution in [2.45, 2.75) is 40.2 Å². The Bertz CT molecular complexity index is 919. The third-order valence-corrected chi connectivity index (χ3v) is 4.37. The van der Waals surface area contributed by atoms with Crippen LogP contribution in [-0.2, 0) is 20.0 Å². The molecule has 0 bridgehead atoms. The van der Waals surface area contributed by atoms with E-state index in [1.54, 1.807) is 0 Å². The molecule has 0 fully saturated rings. The van der Waals surface area contributed by atoms with Crippen LogP contribution < -0.4 is 11.2 Å². The lowest BCUT2D eigenvalue weighted by Crippen LogP contribution is -2.40. The number of aryl methyl sites for hydroxylation is 1. The summed E-state index contributed by atoms with van der Waals surface area (Å²) in [5.74, 6) is 0.0111. The Balaban J connectivity index is 2.53.